The quantitative estimate of drug-likeness (QED) is 0.934. The largest absolute Gasteiger partial charge is 0.478 e. The smallest absolute Gasteiger partial charge is 0.337 e. The Kier molecular flexibility index (Phi) is 4.29. The van der Waals surface area contributed by atoms with E-state index in [9.17, 15) is 13.2 Å². The fourth-order valence-corrected chi connectivity index (χ4v) is 3.44. The first-order valence-corrected chi connectivity index (χ1v) is 8.01. The molecular formula is C14H12ClNO4S. The van der Waals surface area contributed by atoms with Crippen LogP contribution < -0.4 is 0 Å². The highest BCUT2D eigenvalue weighted by Gasteiger charge is 2.19. The summed E-state index contributed by atoms with van der Waals surface area (Å²) in [5.74, 6) is -1.47. The van der Waals surface area contributed by atoms with Crippen LogP contribution in [-0.4, -0.2) is 24.5 Å². The number of halogens is 1. The highest BCUT2D eigenvalue weighted by atomic mass is 35.5. The Morgan fingerprint density at radius 2 is 2.00 bits per heavy atom. The second-order valence-corrected chi connectivity index (χ2v) is 6.87. The van der Waals surface area contributed by atoms with Crippen LogP contribution in [0.15, 0.2) is 41.3 Å². The lowest BCUT2D eigenvalue weighted by molar-refractivity contribution is 0.0697. The third-order valence-corrected chi connectivity index (χ3v) is 4.77. The van der Waals surface area contributed by atoms with Gasteiger partial charge in [-0.15, -0.1) is 0 Å². The topological polar surface area (TPSA) is 84.3 Å². The molecular weight excluding hydrogens is 314 g/mol. The molecule has 0 amide bonds. The molecule has 0 aliphatic heterocycles. The van der Waals surface area contributed by atoms with Crippen LogP contribution >= 0.6 is 11.6 Å². The molecule has 7 heteroatoms. The summed E-state index contributed by atoms with van der Waals surface area (Å²) < 4.78 is 24.6. The van der Waals surface area contributed by atoms with E-state index in [4.69, 9.17) is 16.7 Å². The number of carbonyl (C=O) groups is 1. The van der Waals surface area contributed by atoms with Gasteiger partial charge in [-0.25, -0.2) is 13.2 Å². The van der Waals surface area contributed by atoms with E-state index in [1.54, 1.807) is 25.1 Å². The van der Waals surface area contributed by atoms with Crippen molar-refractivity contribution >= 4 is 27.4 Å². The van der Waals surface area contributed by atoms with Gasteiger partial charge in [0.1, 0.15) is 0 Å². The zero-order valence-electron chi connectivity index (χ0n) is 11.1. The summed E-state index contributed by atoms with van der Waals surface area (Å²) in [6.07, 6.45) is 0. The number of benzene rings is 1. The number of aryl methyl sites for hydroxylation is 1. The lowest BCUT2D eigenvalue weighted by Crippen LogP contribution is -2.08. The molecule has 2 rings (SSSR count). The molecule has 1 N–H and O–H groups in total. The lowest BCUT2D eigenvalue weighted by Gasteiger charge is -2.06. The van der Waals surface area contributed by atoms with Crippen molar-refractivity contribution in [2.45, 2.75) is 17.6 Å². The Balaban J connectivity index is 2.36. The number of carboxylic acid groups (broad SMARTS) is 1. The summed E-state index contributed by atoms with van der Waals surface area (Å²) in [4.78, 5) is 15.0. The molecule has 0 atom stereocenters. The van der Waals surface area contributed by atoms with Gasteiger partial charge in [-0.05, 0) is 37.3 Å². The van der Waals surface area contributed by atoms with Crippen LogP contribution in [0.3, 0.4) is 0 Å². The summed E-state index contributed by atoms with van der Waals surface area (Å²) in [5, 5.41) is 8.77. The first-order chi connectivity index (χ1) is 9.79. The number of carboxylic acids is 1. The van der Waals surface area contributed by atoms with Gasteiger partial charge >= 0.3 is 5.97 Å². The number of nitrogens with zero attached hydrogens (tertiary/aromatic N) is 1. The van der Waals surface area contributed by atoms with Crippen LogP contribution in [0.2, 0.25) is 5.02 Å². The number of hydrogen-bond acceptors (Lipinski definition) is 4. The monoisotopic (exact) mass is 325 g/mol. The van der Waals surface area contributed by atoms with Gasteiger partial charge in [0.2, 0.25) is 0 Å². The number of aromatic nitrogens is 1. The van der Waals surface area contributed by atoms with E-state index in [-0.39, 0.29) is 21.2 Å². The molecule has 0 unspecified atom stereocenters. The van der Waals surface area contributed by atoms with Crippen LogP contribution in [-0.2, 0) is 15.6 Å². The van der Waals surface area contributed by atoms with Crippen molar-refractivity contribution in [2.75, 3.05) is 0 Å². The maximum Gasteiger partial charge on any atom is 0.337 e. The van der Waals surface area contributed by atoms with E-state index in [0.717, 1.165) is 11.8 Å². The molecule has 21 heavy (non-hydrogen) atoms. The molecule has 0 spiro atoms. The summed E-state index contributed by atoms with van der Waals surface area (Å²) in [7, 11) is -3.63. The van der Waals surface area contributed by atoms with Crippen molar-refractivity contribution in [3.8, 4) is 0 Å². The minimum Gasteiger partial charge on any atom is -0.478 e. The Bertz CT molecular complexity index is 802. The number of rotatable bonds is 4. The SMILES string of the molecule is Cc1cccc(CS(=O)(=O)c2ccc(C(=O)O)c(Cl)c2)n1. The summed E-state index contributed by atoms with van der Waals surface area (Å²) in [6.45, 7) is 1.77. The second-order valence-electron chi connectivity index (χ2n) is 4.48. The second kappa shape index (κ2) is 5.83. The summed E-state index contributed by atoms with van der Waals surface area (Å²) >= 11 is 5.80. The van der Waals surface area contributed by atoms with Crippen molar-refractivity contribution < 1.29 is 18.3 Å². The van der Waals surface area contributed by atoms with Crippen molar-refractivity contribution in [1.82, 2.24) is 4.98 Å². The molecule has 0 radical (unpaired) electrons. The van der Waals surface area contributed by atoms with Gasteiger partial charge < -0.3 is 5.11 Å². The minimum atomic E-state index is -3.63. The van der Waals surface area contributed by atoms with Crippen LogP contribution in [0.4, 0.5) is 0 Å². The highest BCUT2D eigenvalue weighted by molar-refractivity contribution is 7.90. The van der Waals surface area contributed by atoms with E-state index in [1.165, 1.54) is 12.1 Å². The van der Waals surface area contributed by atoms with Crippen LogP contribution in [0.5, 0.6) is 0 Å². The van der Waals surface area contributed by atoms with Crippen molar-refractivity contribution in [3.63, 3.8) is 0 Å². The summed E-state index contributed by atoms with van der Waals surface area (Å²) in [5.41, 5.74) is 1.01. The van der Waals surface area contributed by atoms with Gasteiger partial charge in [0.25, 0.3) is 0 Å². The molecule has 110 valence electrons. The maximum atomic E-state index is 12.3. The number of aromatic carboxylic acids is 1. The van der Waals surface area contributed by atoms with Crippen LogP contribution in [0, 0.1) is 6.92 Å². The molecule has 1 aromatic heterocycles. The Hall–Kier alpha value is -1.92. The van der Waals surface area contributed by atoms with Crippen molar-refractivity contribution in [1.29, 1.82) is 0 Å². The number of pyridine rings is 1. The minimum absolute atomic E-state index is 0.0270. The van der Waals surface area contributed by atoms with E-state index in [0.29, 0.717) is 5.69 Å². The van der Waals surface area contributed by atoms with Gasteiger partial charge in [0, 0.05) is 5.69 Å². The van der Waals surface area contributed by atoms with E-state index in [2.05, 4.69) is 4.98 Å². The molecule has 0 saturated heterocycles. The lowest BCUT2D eigenvalue weighted by atomic mass is 10.2. The van der Waals surface area contributed by atoms with Gasteiger partial charge in [-0.2, -0.15) is 0 Å². The third-order valence-electron chi connectivity index (χ3n) is 2.81. The molecule has 0 fully saturated rings. The standard InChI is InChI=1S/C14H12ClNO4S/c1-9-3-2-4-10(16-9)8-21(19,20)11-5-6-12(14(17)18)13(15)7-11/h2-7H,8H2,1H3,(H,17,18). The van der Waals surface area contributed by atoms with Gasteiger partial charge in [0.05, 0.1) is 26.9 Å². The molecule has 1 aromatic carbocycles. The fourth-order valence-electron chi connectivity index (χ4n) is 1.82. The molecule has 2 aromatic rings. The Morgan fingerprint density at radius 1 is 1.29 bits per heavy atom. The Morgan fingerprint density at radius 3 is 2.57 bits per heavy atom. The first-order valence-electron chi connectivity index (χ1n) is 5.98. The average Bonchev–Trinajstić information content (AvgIpc) is 2.37. The number of hydrogen-bond donors (Lipinski definition) is 1. The predicted octanol–water partition coefficient (Wildman–Crippen LogP) is 2.72. The fraction of sp³-hybridized carbons (Fsp3) is 0.143. The Labute approximate surface area is 127 Å². The number of sulfone groups is 1. The van der Waals surface area contributed by atoms with Gasteiger partial charge in [-0.3, -0.25) is 4.98 Å². The molecule has 0 aliphatic carbocycles. The summed E-state index contributed by atoms with van der Waals surface area (Å²) in [6, 6.07) is 8.69. The van der Waals surface area contributed by atoms with Crippen molar-refractivity contribution in [2.24, 2.45) is 0 Å². The van der Waals surface area contributed by atoms with E-state index >= 15 is 0 Å². The molecule has 1 heterocycles. The van der Waals surface area contributed by atoms with Crippen LogP contribution in [0.25, 0.3) is 0 Å². The molecule has 5 nitrogen and oxygen atoms in total. The molecule has 0 bridgehead atoms. The normalized spacial score (nSPS) is 11.3. The average molecular weight is 326 g/mol. The van der Waals surface area contributed by atoms with Crippen molar-refractivity contribution in [3.05, 3.63) is 58.4 Å². The van der Waals surface area contributed by atoms with Gasteiger partial charge in [0.15, 0.2) is 9.84 Å². The third kappa shape index (κ3) is 3.59. The van der Waals surface area contributed by atoms with E-state index < -0.39 is 15.8 Å². The maximum absolute atomic E-state index is 12.3. The zero-order chi connectivity index (χ0) is 15.6. The van der Waals surface area contributed by atoms with E-state index in [1.807, 2.05) is 0 Å². The first kappa shape index (κ1) is 15.5. The highest BCUT2D eigenvalue weighted by Crippen LogP contribution is 2.23. The van der Waals surface area contributed by atoms with Crippen LogP contribution in [0.1, 0.15) is 21.7 Å². The molecule has 0 saturated carbocycles. The van der Waals surface area contributed by atoms with Gasteiger partial charge in [-0.1, -0.05) is 17.7 Å². The molecule has 0 aliphatic rings. The zero-order valence-corrected chi connectivity index (χ0v) is 12.6. The predicted molar refractivity (Wildman–Crippen MR) is 78.3 cm³/mol.